The molecule has 0 saturated carbocycles. The van der Waals surface area contributed by atoms with Crippen LogP contribution in [0.4, 0.5) is 0 Å². The first-order valence-electron chi connectivity index (χ1n) is 5.88. The third-order valence-electron chi connectivity index (χ3n) is 2.70. The molecule has 2 aromatic rings. The summed E-state index contributed by atoms with van der Waals surface area (Å²) in [5.74, 6) is 0.335. The minimum Gasteiger partial charge on any atom is -0.497 e. The molecule has 2 aromatic carbocycles. The molecule has 0 radical (unpaired) electrons. The molecule has 5 nitrogen and oxygen atoms in total. The van der Waals surface area contributed by atoms with E-state index >= 15 is 0 Å². The summed E-state index contributed by atoms with van der Waals surface area (Å²) < 4.78 is 5.18. The van der Waals surface area contributed by atoms with E-state index in [1.165, 1.54) is 0 Å². The molecule has 1 amide bonds. The number of hydroxylamine groups is 1. The lowest BCUT2D eigenvalue weighted by atomic mass is 10.1. The van der Waals surface area contributed by atoms with Gasteiger partial charge in [0.2, 0.25) is 5.91 Å². The zero-order valence-electron chi connectivity index (χ0n) is 10.7. The van der Waals surface area contributed by atoms with Crippen molar-refractivity contribution in [3.8, 4) is 5.75 Å². The van der Waals surface area contributed by atoms with Crippen LogP contribution in [-0.4, -0.2) is 19.6 Å². The van der Waals surface area contributed by atoms with Crippen LogP contribution in [0.2, 0.25) is 0 Å². The minimum atomic E-state index is -0.502. The summed E-state index contributed by atoms with van der Waals surface area (Å²) in [6.07, 6.45) is 0. The van der Waals surface area contributed by atoms with Crippen molar-refractivity contribution in [3.63, 3.8) is 0 Å². The van der Waals surface area contributed by atoms with Crippen LogP contribution in [0.3, 0.4) is 0 Å². The van der Waals surface area contributed by atoms with E-state index in [0.717, 1.165) is 22.1 Å². The van der Waals surface area contributed by atoms with E-state index in [0.29, 0.717) is 6.54 Å². The average Bonchev–Trinajstić information content (AvgIpc) is 2.42. The lowest BCUT2D eigenvalue weighted by Crippen LogP contribution is -2.24. The predicted molar refractivity (Wildman–Crippen MR) is 72.5 cm³/mol. The Morgan fingerprint density at radius 1 is 1.21 bits per heavy atom. The molecule has 100 valence electrons. The molecule has 0 heterocycles. The maximum Gasteiger partial charge on any atom is 0.245 e. The number of ether oxygens (including phenoxy) is 1. The third-order valence-corrected chi connectivity index (χ3v) is 2.70. The summed E-state index contributed by atoms with van der Waals surface area (Å²) in [5, 5.41) is 2.23. The van der Waals surface area contributed by atoms with Gasteiger partial charge < -0.3 is 10.5 Å². The number of carbonyl (C=O) groups is 1. The fourth-order valence-electron chi connectivity index (χ4n) is 1.77. The number of carbonyl (C=O) groups excluding carboxylic acids is 1. The topological polar surface area (TPSA) is 73.6 Å². The first kappa shape index (κ1) is 13.3. The van der Waals surface area contributed by atoms with Crippen LogP contribution in [0, 0.1) is 0 Å². The van der Waals surface area contributed by atoms with Crippen molar-refractivity contribution in [2.45, 2.75) is 6.54 Å². The van der Waals surface area contributed by atoms with E-state index < -0.39 is 5.91 Å². The highest BCUT2D eigenvalue weighted by molar-refractivity contribution is 5.84. The average molecular weight is 260 g/mol. The van der Waals surface area contributed by atoms with Crippen LogP contribution in [0.1, 0.15) is 5.56 Å². The molecule has 5 heteroatoms. The number of nitrogens with two attached hydrogens (primary N) is 1. The van der Waals surface area contributed by atoms with E-state index in [1.54, 1.807) is 7.11 Å². The molecule has 0 saturated heterocycles. The van der Waals surface area contributed by atoms with Crippen molar-refractivity contribution >= 4 is 16.7 Å². The zero-order chi connectivity index (χ0) is 13.7. The van der Waals surface area contributed by atoms with Crippen molar-refractivity contribution in [3.05, 3.63) is 42.0 Å². The molecule has 0 spiro atoms. The standard InChI is InChI=1S/C14H16N2O3/c1-18-13-5-4-11-6-10(2-3-12(11)7-13)8-16-19-9-14(15)17/h2-7,16H,8-9H2,1H3,(H2,15,17). The van der Waals surface area contributed by atoms with Crippen LogP contribution in [0.5, 0.6) is 5.75 Å². The van der Waals surface area contributed by atoms with Gasteiger partial charge in [-0.3, -0.25) is 9.63 Å². The number of hydrogen-bond donors (Lipinski definition) is 2. The number of benzene rings is 2. The van der Waals surface area contributed by atoms with Gasteiger partial charge in [0.15, 0.2) is 0 Å². The van der Waals surface area contributed by atoms with Crippen molar-refractivity contribution in [2.24, 2.45) is 5.73 Å². The SMILES string of the molecule is COc1ccc2cc(CNOCC(N)=O)ccc2c1. The number of methoxy groups -OCH3 is 1. The Balaban J connectivity index is 2.03. The third kappa shape index (κ3) is 3.67. The smallest absolute Gasteiger partial charge is 0.245 e. The second kappa shape index (κ2) is 6.17. The molecule has 0 aliphatic rings. The quantitative estimate of drug-likeness (QED) is 0.607. The normalized spacial score (nSPS) is 10.6. The fourth-order valence-corrected chi connectivity index (χ4v) is 1.77. The number of nitrogens with one attached hydrogen (secondary N) is 1. The maximum absolute atomic E-state index is 10.5. The Hall–Kier alpha value is -2.11. The summed E-state index contributed by atoms with van der Waals surface area (Å²) in [4.78, 5) is 15.4. The van der Waals surface area contributed by atoms with Crippen molar-refractivity contribution < 1.29 is 14.4 Å². The Morgan fingerprint density at radius 2 is 1.95 bits per heavy atom. The number of amides is 1. The van der Waals surface area contributed by atoms with Gasteiger partial charge in [0.25, 0.3) is 0 Å². The largest absolute Gasteiger partial charge is 0.497 e. The number of fused-ring (bicyclic) bond motifs is 1. The fraction of sp³-hybridized carbons (Fsp3) is 0.214. The highest BCUT2D eigenvalue weighted by atomic mass is 16.6. The monoisotopic (exact) mass is 260 g/mol. The first-order valence-corrected chi connectivity index (χ1v) is 5.88. The van der Waals surface area contributed by atoms with Gasteiger partial charge in [0.1, 0.15) is 12.4 Å². The summed E-state index contributed by atoms with van der Waals surface area (Å²) in [6, 6.07) is 12.0. The second-order valence-electron chi connectivity index (χ2n) is 4.12. The van der Waals surface area contributed by atoms with Crippen LogP contribution in [0.25, 0.3) is 10.8 Å². The molecule has 2 rings (SSSR count). The zero-order valence-corrected chi connectivity index (χ0v) is 10.7. The second-order valence-corrected chi connectivity index (χ2v) is 4.12. The molecule has 19 heavy (non-hydrogen) atoms. The minimum absolute atomic E-state index is 0.134. The van der Waals surface area contributed by atoms with Gasteiger partial charge in [-0.25, -0.2) is 0 Å². The van der Waals surface area contributed by atoms with E-state index in [4.69, 9.17) is 15.3 Å². The van der Waals surface area contributed by atoms with E-state index in [2.05, 4.69) is 11.5 Å². The Kier molecular flexibility index (Phi) is 4.33. The number of primary amides is 1. The van der Waals surface area contributed by atoms with Gasteiger partial charge in [0.05, 0.1) is 7.11 Å². The van der Waals surface area contributed by atoms with Gasteiger partial charge in [0, 0.05) is 6.54 Å². The summed E-state index contributed by atoms with van der Waals surface area (Å²) in [7, 11) is 1.65. The van der Waals surface area contributed by atoms with Gasteiger partial charge in [-0.15, -0.1) is 0 Å². The molecule has 0 aliphatic heterocycles. The van der Waals surface area contributed by atoms with Crippen LogP contribution < -0.4 is 16.0 Å². The summed E-state index contributed by atoms with van der Waals surface area (Å²) in [5.41, 5.74) is 8.71. The maximum atomic E-state index is 10.5. The lowest BCUT2D eigenvalue weighted by molar-refractivity contribution is -0.125. The molecule has 0 unspecified atom stereocenters. The van der Waals surface area contributed by atoms with Crippen molar-refractivity contribution in [2.75, 3.05) is 13.7 Å². The van der Waals surface area contributed by atoms with Gasteiger partial charge in [-0.1, -0.05) is 18.2 Å². The van der Waals surface area contributed by atoms with Gasteiger partial charge in [-0.05, 0) is 34.5 Å². The molecular formula is C14H16N2O3. The van der Waals surface area contributed by atoms with Crippen LogP contribution >= 0.6 is 0 Å². The highest BCUT2D eigenvalue weighted by Crippen LogP contribution is 2.21. The number of hydrogen-bond acceptors (Lipinski definition) is 4. The van der Waals surface area contributed by atoms with Crippen molar-refractivity contribution in [1.29, 1.82) is 0 Å². The molecule has 0 atom stereocenters. The highest BCUT2D eigenvalue weighted by Gasteiger charge is 1.99. The molecule has 0 bridgehead atoms. The Bertz CT molecular complexity index is 584. The molecule has 0 fully saturated rings. The number of rotatable bonds is 6. The lowest BCUT2D eigenvalue weighted by Gasteiger charge is -2.07. The van der Waals surface area contributed by atoms with Gasteiger partial charge in [-0.2, -0.15) is 5.48 Å². The van der Waals surface area contributed by atoms with Crippen molar-refractivity contribution in [1.82, 2.24) is 5.48 Å². The van der Waals surface area contributed by atoms with Gasteiger partial charge >= 0.3 is 0 Å². The molecule has 3 N–H and O–H groups in total. The summed E-state index contributed by atoms with van der Waals surface area (Å²) in [6.45, 7) is 0.375. The Morgan fingerprint density at radius 3 is 2.68 bits per heavy atom. The summed E-state index contributed by atoms with van der Waals surface area (Å²) >= 11 is 0. The first-order chi connectivity index (χ1) is 9.19. The molecular weight excluding hydrogens is 244 g/mol. The van der Waals surface area contributed by atoms with Crippen LogP contribution in [0.15, 0.2) is 36.4 Å². The molecule has 0 aromatic heterocycles. The predicted octanol–water partition coefficient (Wildman–Crippen LogP) is 1.35. The van der Waals surface area contributed by atoms with E-state index in [9.17, 15) is 4.79 Å². The molecule has 0 aliphatic carbocycles. The van der Waals surface area contributed by atoms with E-state index in [1.807, 2.05) is 30.3 Å². The Labute approximate surface area is 111 Å². The van der Waals surface area contributed by atoms with Crippen LogP contribution in [-0.2, 0) is 16.2 Å². The van der Waals surface area contributed by atoms with E-state index in [-0.39, 0.29) is 6.61 Å².